The van der Waals surface area contributed by atoms with Crippen molar-refractivity contribution in [1.82, 2.24) is 5.32 Å². The average molecular weight is 355 g/mol. The molecule has 0 spiro atoms. The van der Waals surface area contributed by atoms with E-state index >= 15 is 0 Å². The molecule has 0 bridgehead atoms. The van der Waals surface area contributed by atoms with Gasteiger partial charge in [-0.3, -0.25) is 10.1 Å². The summed E-state index contributed by atoms with van der Waals surface area (Å²) in [5.41, 5.74) is 0.598. The summed E-state index contributed by atoms with van der Waals surface area (Å²) in [5.74, 6) is -1.10. The van der Waals surface area contributed by atoms with Gasteiger partial charge in [0.25, 0.3) is 5.91 Å². The van der Waals surface area contributed by atoms with Gasteiger partial charge in [-0.2, -0.15) is 13.9 Å². The maximum atomic E-state index is 12.0. The number of amides is 1. The topological polar surface area (TPSA) is 89.3 Å². The van der Waals surface area contributed by atoms with Crippen molar-refractivity contribution in [2.45, 2.75) is 6.61 Å². The zero-order chi connectivity index (χ0) is 17.5. The number of esters is 1. The number of thioether (sulfide) groups is 1. The largest absolute Gasteiger partial charge is 0.466 e. The Morgan fingerprint density at radius 3 is 2.67 bits per heavy atom. The van der Waals surface area contributed by atoms with Crippen LogP contribution in [-0.2, 0) is 14.3 Å². The minimum absolute atomic E-state index is 0.0321. The number of carbonyl (C=O) groups excluding carboxylic acids is 2. The number of amidine groups is 1. The number of methoxy groups -OCH3 is 1. The Morgan fingerprint density at radius 1 is 1.33 bits per heavy atom. The van der Waals surface area contributed by atoms with Crippen molar-refractivity contribution >= 4 is 35.0 Å². The smallest absolute Gasteiger partial charge is 0.387 e. The van der Waals surface area contributed by atoms with E-state index in [1.54, 1.807) is 0 Å². The zero-order valence-electron chi connectivity index (χ0n) is 12.2. The highest BCUT2D eigenvalue weighted by molar-refractivity contribution is 8.18. The van der Waals surface area contributed by atoms with Gasteiger partial charge in [0.05, 0.1) is 18.2 Å². The molecule has 1 fully saturated rings. The third-order valence-corrected chi connectivity index (χ3v) is 3.46. The van der Waals surface area contributed by atoms with Crippen molar-refractivity contribution in [3.05, 3.63) is 40.8 Å². The molecule has 1 amide bonds. The molecule has 0 radical (unpaired) electrons. The number of carbonyl (C=O) groups is 2. The molecule has 0 atom stereocenters. The van der Waals surface area contributed by atoms with Gasteiger partial charge in [-0.05, 0) is 41.6 Å². The van der Waals surface area contributed by atoms with Crippen LogP contribution in [0, 0.1) is 0 Å². The lowest BCUT2D eigenvalue weighted by Crippen LogP contribution is -2.19. The van der Waals surface area contributed by atoms with Crippen LogP contribution in [-0.4, -0.2) is 37.0 Å². The minimum Gasteiger partial charge on any atom is -0.466 e. The number of hydrogen-bond acceptors (Lipinski definition) is 7. The monoisotopic (exact) mass is 355 g/mol. The Morgan fingerprint density at radius 2 is 2.04 bits per heavy atom. The van der Waals surface area contributed by atoms with E-state index in [0.717, 1.165) is 17.8 Å². The number of rotatable bonds is 5. The highest BCUT2D eigenvalue weighted by Crippen LogP contribution is 2.23. The summed E-state index contributed by atoms with van der Waals surface area (Å²) < 4.78 is 32.7. The van der Waals surface area contributed by atoms with Gasteiger partial charge >= 0.3 is 12.6 Å². The maximum Gasteiger partial charge on any atom is 0.387 e. The van der Waals surface area contributed by atoms with Gasteiger partial charge in [0.15, 0.2) is 5.17 Å². The van der Waals surface area contributed by atoms with Gasteiger partial charge < -0.3 is 9.47 Å². The number of alkyl halides is 2. The third-order valence-electron chi connectivity index (χ3n) is 2.56. The molecule has 7 nitrogen and oxygen atoms in total. The SMILES string of the molecule is COC(=O)/C=C1/S/C(=N\N=Cc2ccc(OC(F)F)cc2)NC1=O. The van der Waals surface area contributed by atoms with Crippen molar-refractivity contribution < 1.29 is 27.8 Å². The van der Waals surface area contributed by atoms with Crippen LogP contribution in [0.1, 0.15) is 5.56 Å². The Bertz CT molecular complexity index is 717. The van der Waals surface area contributed by atoms with Crippen molar-refractivity contribution in [2.24, 2.45) is 10.2 Å². The van der Waals surface area contributed by atoms with E-state index in [1.165, 1.54) is 37.6 Å². The summed E-state index contributed by atoms with van der Waals surface area (Å²) in [6, 6.07) is 5.77. The van der Waals surface area contributed by atoms with E-state index in [0.29, 0.717) is 5.56 Å². The predicted molar refractivity (Wildman–Crippen MR) is 83.9 cm³/mol. The second kappa shape index (κ2) is 8.20. The lowest BCUT2D eigenvalue weighted by atomic mass is 10.2. The van der Waals surface area contributed by atoms with Crippen LogP contribution < -0.4 is 10.1 Å². The van der Waals surface area contributed by atoms with Gasteiger partial charge in [0.2, 0.25) is 0 Å². The molecule has 1 saturated heterocycles. The second-order valence-electron chi connectivity index (χ2n) is 4.19. The molecule has 0 unspecified atom stereocenters. The number of nitrogens with one attached hydrogen (secondary N) is 1. The highest BCUT2D eigenvalue weighted by Gasteiger charge is 2.24. The van der Waals surface area contributed by atoms with Crippen LogP contribution in [0.2, 0.25) is 0 Å². The number of ether oxygens (including phenoxy) is 2. The minimum atomic E-state index is -2.88. The van der Waals surface area contributed by atoms with Gasteiger partial charge in [-0.25, -0.2) is 4.79 Å². The average Bonchev–Trinajstić information content (AvgIpc) is 2.88. The summed E-state index contributed by atoms with van der Waals surface area (Å²) in [6.45, 7) is -2.88. The van der Waals surface area contributed by atoms with Crippen molar-refractivity contribution in [1.29, 1.82) is 0 Å². The normalized spacial score (nSPS) is 17.8. The molecule has 126 valence electrons. The van der Waals surface area contributed by atoms with E-state index in [1.807, 2.05) is 0 Å². The molecular formula is C14H11F2N3O4S. The van der Waals surface area contributed by atoms with E-state index in [-0.39, 0.29) is 15.8 Å². The lowest BCUT2D eigenvalue weighted by Gasteiger charge is -2.03. The molecule has 1 heterocycles. The fraction of sp³-hybridized carbons (Fsp3) is 0.143. The lowest BCUT2D eigenvalue weighted by molar-refractivity contribution is -0.135. The summed E-state index contributed by atoms with van der Waals surface area (Å²) in [7, 11) is 1.20. The maximum absolute atomic E-state index is 12.0. The van der Waals surface area contributed by atoms with Crippen molar-refractivity contribution in [3.8, 4) is 5.75 Å². The summed E-state index contributed by atoms with van der Waals surface area (Å²) in [4.78, 5) is 22.8. The van der Waals surface area contributed by atoms with Crippen LogP contribution in [0.4, 0.5) is 8.78 Å². The summed E-state index contributed by atoms with van der Waals surface area (Å²) in [6.07, 6.45) is 2.42. The Kier molecular flexibility index (Phi) is 6.01. The van der Waals surface area contributed by atoms with Crippen LogP contribution in [0.5, 0.6) is 5.75 Å². The number of nitrogens with zero attached hydrogens (tertiary/aromatic N) is 2. The van der Waals surface area contributed by atoms with Crippen molar-refractivity contribution in [2.75, 3.05) is 7.11 Å². The fourth-order valence-corrected chi connectivity index (χ4v) is 2.26. The van der Waals surface area contributed by atoms with Crippen LogP contribution >= 0.6 is 11.8 Å². The van der Waals surface area contributed by atoms with E-state index < -0.39 is 18.5 Å². The van der Waals surface area contributed by atoms with Crippen molar-refractivity contribution in [3.63, 3.8) is 0 Å². The standard InChI is InChI=1S/C14H11F2N3O4S/c1-22-11(20)6-10-12(21)18-14(24-10)19-17-7-8-2-4-9(5-3-8)23-13(15)16/h2-7,13H,1H3,(H,18,19,21)/b10-6+,17-7?. The molecule has 1 aromatic carbocycles. The van der Waals surface area contributed by atoms with Gasteiger partial charge in [-0.1, -0.05) is 0 Å². The molecule has 1 aromatic rings. The van der Waals surface area contributed by atoms with Gasteiger partial charge in [-0.15, -0.1) is 5.10 Å². The quantitative estimate of drug-likeness (QED) is 0.377. The van der Waals surface area contributed by atoms with Crippen LogP contribution in [0.3, 0.4) is 0 Å². The zero-order valence-corrected chi connectivity index (χ0v) is 13.0. The molecule has 1 aliphatic rings. The molecule has 2 rings (SSSR count). The number of benzene rings is 1. The Hall–Kier alpha value is -2.75. The van der Waals surface area contributed by atoms with E-state index in [2.05, 4.69) is 25.0 Å². The highest BCUT2D eigenvalue weighted by atomic mass is 32.2. The van der Waals surface area contributed by atoms with Crippen LogP contribution in [0.15, 0.2) is 45.4 Å². The first-order valence-corrected chi connectivity index (χ1v) is 7.24. The summed E-state index contributed by atoms with van der Waals surface area (Å²) in [5, 5.41) is 10.2. The first-order valence-electron chi connectivity index (χ1n) is 6.42. The van der Waals surface area contributed by atoms with Crippen LogP contribution in [0.25, 0.3) is 0 Å². The number of halogens is 2. The second-order valence-corrected chi connectivity index (χ2v) is 5.22. The van der Waals surface area contributed by atoms with Gasteiger partial charge in [0, 0.05) is 6.08 Å². The molecule has 10 heteroatoms. The molecule has 24 heavy (non-hydrogen) atoms. The summed E-state index contributed by atoms with van der Waals surface area (Å²) >= 11 is 0.939. The predicted octanol–water partition coefficient (Wildman–Crippen LogP) is 1.90. The van der Waals surface area contributed by atoms with Gasteiger partial charge in [0.1, 0.15) is 5.75 Å². The Balaban J connectivity index is 1.98. The molecular weight excluding hydrogens is 344 g/mol. The number of hydrogen-bond donors (Lipinski definition) is 1. The molecule has 0 saturated carbocycles. The molecule has 1 aliphatic heterocycles. The van der Waals surface area contributed by atoms with E-state index in [9.17, 15) is 18.4 Å². The third kappa shape index (κ3) is 5.16. The molecule has 0 aliphatic carbocycles. The molecule has 0 aromatic heterocycles. The molecule has 1 N–H and O–H groups in total. The first-order chi connectivity index (χ1) is 11.5. The fourth-order valence-electron chi connectivity index (χ4n) is 1.52. The van der Waals surface area contributed by atoms with E-state index in [4.69, 9.17) is 0 Å². The first kappa shape index (κ1) is 17.6. The Labute approximate surface area is 139 Å².